The van der Waals surface area contributed by atoms with Gasteiger partial charge in [-0.25, -0.2) is 0 Å². The van der Waals surface area contributed by atoms with E-state index in [2.05, 4.69) is 25.2 Å². The summed E-state index contributed by atoms with van der Waals surface area (Å²) in [6, 6.07) is 2.17. The summed E-state index contributed by atoms with van der Waals surface area (Å²) in [5.74, 6) is -1.49. The first kappa shape index (κ1) is 15.7. The van der Waals surface area contributed by atoms with Gasteiger partial charge in [0.1, 0.15) is 0 Å². The molecule has 106 valence electrons. The average Bonchev–Trinajstić information content (AvgIpc) is 2.64. The highest BCUT2D eigenvalue weighted by Crippen LogP contribution is 2.22. The summed E-state index contributed by atoms with van der Waals surface area (Å²) in [5, 5.41) is 11.4. The predicted octanol–water partition coefficient (Wildman–Crippen LogP) is 2.52. The van der Waals surface area contributed by atoms with Crippen molar-refractivity contribution in [1.82, 2.24) is 5.32 Å². The second-order valence-electron chi connectivity index (χ2n) is 4.84. The van der Waals surface area contributed by atoms with Gasteiger partial charge in [-0.05, 0) is 38.3 Å². The molecule has 1 aromatic heterocycles. The lowest BCUT2D eigenvalue weighted by molar-refractivity contribution is -0.141. The normalized spacial score (nSPS) is 12.2. The predicted molar refractivity (Wildman–Crippen MR) is 76.5 cm³/mol. The van der Waals surface area contributed by atoms with Crippen molar-refractivity contribution in [3.63, 3.8) is 0 Å². The number of carboxylic acid groups (broad SMARTS) is 1. The van der Waals surface area contributed by atoms with Gasteiger partial charge in [-0.1, -0.05) is 6.92 Å². The van der Waals surface area contributed by atoms with Gasteiger partial charge in [0, 0.05) is 22.7 Å². The number of thiophene rings is 1. The van der Waals surface area contributed by atoms with Crippen LogP contribution in [-0.2, 0) is 16.0 Å². The van der Waals surface area contributed by atoms with Crippen LogP contribution in [0.15, 0.2) is 6.07 Å². The number of aliphatic carboxylic acids is 1. The summed E-state index contributed by atoms with van der Waals surface area (Å²) >= 11 is 1.78. The van der Waals surface area contributed by atoms with E-state index < -0.39 is 11.9 Å². The molecule has 1 aromatic rings. The molecule has 1 heterocycles. The van der Waals surface area contributed by atoms with Crippen LogP contribution in [0.2, 0.25) is 0 Å². The minimum absolute atomic E-state index is 0.0716. The first-order valence-electron chi connectivity index (χ1n) is 6.45. The summed E-state index contributed by atoms with van der Waals surface area (Å²) in [4.78, 5) is 24.8. The molecule has 19 heavy (non-hydrogen) atoms. The molecule has 5 heteroatoms. The standard InChI is InChI=1S/C14H21NO3S/c1-9(14(17)18)8-15-13(16)6-4-5-12-7-10(2)19-11(12)3/h7,9H,4-6,8H2,1-3H3,(H,15,16)(H,17,18)/t9-/m0/s1. The van der Waals surface area contributed by atoms with Gasteiger partial charge in [-0.2, -0.15) is 0 Å². The van der Waals surface area contributed by atoms with Gasteiger partial charge >= 0.3 is 5.97 Å². The highest BCUT2D eigenvalue weighted by molar-refractivity contribution is 7.12. The lowest BCUT2D eigenvalue weighted by Gasteiger charge is -2.08. The zero-order valence-corrected chi connectivity index (χ0v) is 12.5. The summed E-state index contributed by atoms with van der Waals surface area (Å²) in [5.41, 5.74) is 1.31. The number of carbonyl (C=O) groups excluding carboxylic acids is 1. The van der Waals surface area contributed by atoms with Gasteiger partial charge < -0.3 is 10.4 Å². The summed E-state index contributed by atoms with van der Waals surface area (Å²) in [6.45, 7) is 5.97. The lowest BCUT2D eigenvalue weighted by atomic mass is 10.1. The average molecular weight is 283 g/mol. The number of hydrogen-bond donors (Lipinski definition) is 2. The third-order valence-corrected chi connectivity index (χ3v) is 4.03. The van der Waals surface area contributed by atoms with Crippen molar-refractivity contribution in [2.45, 2.75) is 40.0 Å². The van der Waals surface area contributed by atoms with Crippen LogP contribution in [0.4, 0.5) is 0 Å². The SMILES string of the molecule is Cc1cc(CCCC(=O)NC[C@H](C)C(=O)O)c(C)s1. The largest absolute Gasteiger partial charge is 0.481 e. The second-order valence-corrected chi connectivity index (χ2v) is 6.30. The molecule has 0 aliphatic carbocycles. The number of hydrogen-bond acceptors (Lipinski definition) is 3. The number of aryl methyl sites for hydroxylation is 3. The Morgan fingerprint density at radius 3 is 2.63 bits per heavy atom. The van der Waals surface area contributed by atoms with Crippen LogP contribution >= 0.6 is 11.3 Å². The fourth-order valence-corrected chi connectivity index (χ4v) is 2.79. The summed E-state index contributed by atoms with van der Waals surface area (Å²) < 4.78 is 0. The van der Waals surface area contributed by atoms with Crippen molar-refractivity contribution in [2.24, 2.45) is 5.92 Å². The molecule has 1 rings (SSSR count). The quantitative estimate of drug-likeness (QED) is 0.808. The zero-order valence-electron chi connectivity index (χ0n) is 11.7. The third kappa shape index (κ3) is 5.42. The molecule has 0 radical (unpaired) electrons. The van der Waals surface area contributed by atoms with Gasteiger partial charge in [0.2, 0.25) is 5.91 Å². The fourth-order valence-electron chi connectivity index (χ4n) is 1.81. The Balaban J connectivity index is 2.24. The van der Waals surface area contributed by atoms with E-state index in [1.54, 1.807) is 18.3 Å². The minimum Gasteiger partial charge on any atom is -0.481 e. The van der Waals surface area contributed by atoms with Gasteiger partial charge in [-0.15, -0.1) is 11.3 Å². The molecule has 1 atom stereocenters. The zero-order chi connectivity index (χ0) is 14.4. The summed E-state index contributed by atoms with van der Waals surface area (Å²) in [7, 11) is 0. The number of amides is 1. The second kappa shape index (κ2) is 7.28. The van der Waals surface area contributed by atoms with Crippen LogP contribution in [0.3, 0.4) is 0 Å². The molecule has 0 saturated carbocycles. The number of carboxylic acids is 1. The van der Waals surface area contributed by atoms with E-state index in [9.17, 15) is 9.59 Å². The molecule has 0 aliphatic heterocycles. The molecule has 2 N–H and O–H groups in total. The lowest BCUT2D eigenvalue weighted by Crippen LogP contribution is -2.31. The van der Waals surface area contributed by atoms with Crippen molar-refractivity contribution >= 4 is 23.2 Å². The van der Waals surface area contributed by atoms with Crippen molar-refractivity contribution < 1.29 is 14.7 Å². The topological polar surface area (TPSA) is 66.4 Å². The first-order valence-corrected chi connectivity index (χ1v) is 7.27. The molecular formula is C14H21NO3S. The van der Waals surface area contributed by atoms with Crippen LogP contribution in [0.1, 0.15) is 35.1 Å². The van der Waals surface area contributed by atoms with Crippen molar-refractivity contribution in [2.75, 3.05) is 6.54 Å². The first-order chi connectivity index (χ1) is 8.90. The third-order valence-electron chi connectivity index (χ3n) is 3.02. The number of nitrogens with one attached hydrogen (secondary N) is 1. The Labute approximate surface area is 117 Å². The Morgan fingerprint density at radius 1 is 1.42 bits per heavy atom. The summed E-state index contributed by atoms with van der Waals surface area (Å²) in [6.07, 6.45) is 2.14. The highest BCUT2D eigenvalue weighted by Gasteiger charge is 2.12. The van der Waals surface area contributed by atoms with Crippen LogP contribution in [-0.4, -0.2) is 23.5 Å². The molecule has 0 saturated heterocycles. The molecule has 0 fully saturated rings. The smallest absolute Gasteiger partial charge is 0.308 e. The molecule has 0 spiro atoms. The maximum absolute atomic E-state index is 11.5. The van der Waals surface area contributed by atoms with Crippen molar-refractivity contribution in [1.29, 1.82) is 0 Å². The van der Waals surface area contributed by atoms with Crippen molar-refractivity contribution in [3.05, 3.63) is 21.4 Å². The molecular weight excluding hydrogens is 262 g/mol. The van der Waals surface area contributed by atoms with Crippen molar-refractivity contribution in [3.8, 4) is 0 Å². The molecule has 0 aliphatic rings. The van der Waals surface area contributed by atoms with Crippen LogP contribution in [0.5, 0.6) is 0 Å². The van der Waals surface area contributed by atoms with Crippen LogP contribution in [0, 0.1) is 19.8 Å². The fraction of sp³-hybridized carbons (Fsp3) is 0.571. The van der Waals surface area contributed by atoms with E-state index in [0.29, 0.717) is 6.42 Å². The maximum Gasteiger partial charge on any atom is 0.308 e. The van der Waals surface area contributed by atoms with Gasteiger partial charge in [0.05, 0.1) is 5.92 Å². The molecule has 0 unspecified atom stereocenters. The van der Waals surface area contributed by atoms with E-state index in [4.69, 9.17) is 5.11 Å². The Kier molecular flexibility index (Phi) is 6.02. The molecule has 4 nitrogen and oxygen atoms in total. The minimum atomic E-state index is -0.885. The molecule has 1 amide bonds. The Bertz CT molecular complexity index is 454. The van der Waals surface area contributed by atoms with Gasteiger partial charge in [0.25, 0.3) is 0 Å². The monoisotopic (exact) mass is 283 g/mol. The molecule has 0 aromatic carbocycles. The Morgan fingerprint density at radius 2 is 2.11 bits per heavy atom. The number of rotatable bonds is 7. The Hall–Kier alpha value is -1.36. The number of carbonyl (C=O) groups is 2. The maximum atomic E-state index is 11.5. The van der Waals surface area contributed by atoms with E-state index in [1.165, 1.54) is 15.3 Å². The van der Waals surface area contributed by atoms with E-state index in [1.807, 2.05) is 0 Å². The van der Waals surface area contributed by atoms with Crippen LogP contribution < -0.4 is 5.32 Å². The highest BCUT2D eigenvalue weighted by atomic mass is 32.1. The van der Waals surface area contributed by atoms with Gasteiger partial charge in [0.15, 0.2) is 0 Å². The van der Waals surface area contributed by atoms with E-state index in [-0.39, 0.29) is 12.5 Å². The van der Waals surface area contributed by atoms with E-state index in [0.717, 1.165) is 12.8 Å². The van der Waals surface area contributed by atoms with E-state index >= 15 is 0 Å². The van der Waals surface area contributed by atoms with Crippen LogP contribution in [0.25, 0.3) is 0 Å². The van der Waals surface area contributed by atoms with Gasteiger partial charge in [-0.3, -0.25) is 9.59 Å². The molecule has 0 bridgehead atoms.